The van der Waals surface area contributed by atoms with Crippen molar-refractivity contribution in [2.24, 2.45) is 0 Å². The van der Waals surface area contributed by atoms with Crippen LogP contribution in [-0.4, -0.2) is 60.6 Å². The molecule has 0 aromatic rings. The van der Waals surface area contributed by atoms with Crippen molar-refractivity contribution in [1.29, 1.82) is 0 Å². The highest BCUT2D eigenvalue weighted by atomic mass is 32.2. The Morgan fingerprint density at radius 1 is 0.958 bits per heavy atom. The van der Waals surface area contributed by atoms with Crippen LogP contribution in [0.2, 0.25) is 0 Å². The minimum Gasteiger partial charge on any atom is -0.346 e. The molecule has 1 fully saturated rings. The summed E-state index contributed by atoms with van der Waals surface area (Å²) < 4.78 is 134. The van der Waals surface area contributed by atoms with Gasteiger partial charge in [0.1, 0.15) is 0 Å². The number of rotatable bonds is 3. The highest BCUT2D eigenvalue weighted by Gasteiger charge is 2.85. The molecule has 1 heterocycles. The summed E-state index contributed by atoms with van der Waals surface area (Å²) in [7, 11) is -5.32. The van der Waals surface area contributed by atoms with Crippen molar-refractivity contribution in [2.75, 3.05) is 13.6 Å². The SMILES string of the molecule is CN1CCCC1=O.O=S(=O)(O)C(F)(F)C(F)(F)C(F)(F)C(F)(F)F. The zero-order valence-electron chi connectivity index (χ0n) is 11.6. The van der Waals surface area contributed by atoms with Crippen molar-refractivity contribution >= 4 is 16.0 Å². The van der Waals surface area contributed by atoms with Gasteiger partial charge in [-0.1, -0.05) is 0 Å². The van der Waals surface area contributed by atoms with Crippen molar-refractivity contribution in [1.82, 2.24) is 4.90 Å². The van der Waals surface area contributed by atoms with Crippen LogP contribution in [0.3, 0.4) is 0 Å². The van der Waals surface area contributed by atoms with E-state index < -0.39 is 33.4 Å². The summed E-state index contributed by atoms with van der Waals surface area (Å²) >= 11 is 0. The molecule has 0 radical (unpaired) electrons. The van der Waals surface area contributed by atoms with Crippen LogP contribution in [0.25, 0.3) is 0 Å². The fraction of sp³-hybridized carbons (Fsp3) is 0.889. The van der Waals surface area contributed by atoms with Crippen LogP contribution >= 0.6 is 0 Å². The molecule has 0 bridgehead atoms. The van der Waals surface area contributed by atoms with E-state index in [-0.39, 0.29) is 0 Å². The Bertz CT molecular complexity index is 572. The number of nitrogens with zero attached hydrogens (tertiary/aromatic N) is 1. The highest BCUT2D eigenvalue weighted by Crippen LogP contribution is 2.54. The molecular formula is C9H10F9NO4S. The topological polar surface area (TPSA) is 74.7 Å². The van der Waals surface area contributed by atoms with E-state index in [9.17, 15) is 52.7 Å². The second-order valence-electron chi connectivity index (χ2n) is 4.56. The van der Waals surface area contributed by atoms with E-state index in [0.29, 0.717) is 5.91 Å². The summed E-state index contributed by atoms with van der Waals surface area (Å²) in [6.07, 6.45) is -5.32. The molecule has 0 aliphatic carbocycles. The van der Waals surface area contributed by atoms with Gasteiger partial charge in [-0.05, 0) is 6.42 Å². The number of alkyl halides is 9. The molecule has 1 saturated heterocycles. The number of hydrogen-bond donors (Lipinski definition) is 1. The van der Waals surface area contributed by atoms with E-state index in [1.54, 1.807) is 4.90 Å². The molecule has 1 rings (SSSR count). The first kappa shape index (κ1) is 22.8. The van der Waals surface area contributed by atoms with Crippen LogP contribution in [0, 0.1) is 0 Å². The molecule has 0 atom stereocenters. The lowest BCUT2D eigenvalue weighted by Gasteiger charge is -2.31. The van der Waals surface area contributed by atoms with Crippen molar-refractivity contribution < 1.29 is 57.3 Å². The summed E-state index contributed by atoms with van der Waals surface area (Å²) in [4.78, 5) is 12.3. The largest absolute Gasteiger partial charge is 0.460 e. The maximum absolute atomic E-state index is 12.2. The number of halogens is 9. The third-order valence-corrected chi connectivity index (χ3v) is 3.65. The monoisotopic (exact) mass is 399 g/mol. The van der Waals surface area contributed by atoms with Gasteiger partial charge < -0.3 is 4.90 Å². The van der Waals surface area contributed by atoms with E-state index in [1.165, 1.54) is 0 Å². The van der Waals surface area contributed by atoms with Crippen molar-refractivity contribution in [2.45, 2.75) is 36.1 Å². The lowest BCUT2D eigenvalue weighted by molar-refractivity contribution is -0.382. The smallest absolute Gasteiger partial charge is 0.346 e. The summed E-state index contributed by atoms with van der Waals surface area (Å²) in [5.41, 5.74) is 0. The third kappa shape index (κ3) is 4.04. The number of amides is 1. The van der Waals surface area contributed by atoms with E-state index >= 15 is 0 Å². The first-order valence-corrected chi connectivity index (χ1v) is 7.16. The molecule has 0 aromatic heterocycles. The molecule has 0 saturated carbocycles. The van der Waals surface area contributed by atoms with Crippen LogP contribution < -0.4 is 0 Å². The standard InChI is InChI=1S/C5H9NO.C4HF9O3S/c1-6-4-2-3-5(6)7;5-1(6,3(9,10)11)2(7,8)4(12,13)17(14,15)16/h2-4H2,1H3;(H,14,15,16). The normalized spacial score (nSPS) is 17.6. The lowest BCUT2D eigenvalue weighted by Crippen LogP contribution is -2.63. The van der Waals surface area contributed by atoms with E-state index in [0.717, 1.165) is 19.4 Å². The molecule has 0 aromatic carbocycles. The summed E-state index contributed by atoms with van der Waals surface area (Å²) in [6, 6.07) is 0. The van der Waals surface area contributed by atoms with Crippen molar-refractivity contribution in [3.63, 3.8) is 0 Å². The first-order valence-electron chi connectivity index (χ1n) is 5.72. The highest BCUT2D eigenvalue weighted by molar-refractivity contribution is 7.87. The second kappa shape index (κ2) is 6.57. The number of hydrogen-bond acceptors (Lipinski definition) is 3. The molecule has 1 amide bonds. The first-order chi connectivity index (χ1) is 10.3. The molecular weight excluding hydrogens is 389 g/mol. The molecule has 1 aliphatic rings. The van der Waals surface area contributed by atoms with Gasteiger partial charge in [0.15, 0.2) is 0 Å². The molecule has 24 heavy (non-hydrogen) atoms. The predicted octanol–water partition coefficient (Wildman–Crippen LogP) is 2.54. The van der Waals surface area contributed by atoms with Gasteiger partial charge in [0, 0.05) is 20.0 Å². The quantitative estimate of drug-likeness (QED) is 0.585. The Hall–Kier alpha value is -1.25. The average Bonchev–Trinajstić information content (AvgIpc) is 2.71. The minimum atomic E-state index is -7.37. The molecule has 0 spiro atoms. The number of carbonyl (C=O) groups is 1. The molecule has 1 aliphatic heterocycles. The lowest BCUT2D eigenvalue weighted by atomic mass is 10.1. The summed E-state index contributed by atoms with van der Waals surface area (Å²) in [5, 5.41) is -7.00. The van der Waals surface area contributed by atoms with Crippen LogP contribution in [0.1, 0.15) is 12.8 Å². The summed E-state index contributed by atoms with van der Waals surface area (Å²) in [5.74, 6) is -14.4. The van der Waals surface area contributed by atoms with Gasteiger partial charge in [-0.2, -0.15) is 47.9 Å². The second-order valence-corrected chi connectivity index (χ2v) is 6.02. The van der Waals surface area contributed by atoms with Crippen molar-refractivity contribution in [3.8, 4) is 0 Å². The Morgan fingerprint density at radius 2 is 1.38 bits per heavy atom. The summed E-state index contributed by atoms with van der Waals surface area (Å²) in [6.45, 7) is 0.957. The van der Waals surface area contributed by atoms with E-state index in [4.69, 9.17) is 4.55 Å². The predicted molar refractivity (Wildman–Crippen MR) is 59.3 cm³/mol. The zero-order valence-corrected chi connectivity index (χ0v) is 12.4. The van der Waals surface area contributed by atoms with E-state index in [1.807, 2.05) is 7.05 Å². The van der Waals surface area contributed by atoms with Gasteiger partial charge in [0.2, 0.25) is 5.91 Å². The Morgan fingerprint density at radius 3 is 1.54 bits per heavy atom. The molecule has 15 heteroatoms. The van der Waals surface area contributed by atoms with Gasteiger partial charge in [0.25, 0.3) is 0 Å². The minimum absolute atomic E-state index is 0.292. The third-order valence-electron chi connectivity index (χ3n) is 2.75. The van der Waals surface area contributed by atoms with E-state index in [2.05, 4.69) is 0 Å². The molecule has 1 N–H and O–H groups in total. The molecule has 5 nitrogen and oxygen atoms in total. The van der Waals surface area contributed by atoms with Gasteiger partial charge in [0.05, 0.1) is 0 Å². The fourth-order valence-corrected chi connectivity index (χ4v) is 1.76. The maximum atomic E-state index is 12.2. The molecule has 0 unspecified atom stereocenters. The Labute approximate surface area is 129 Å². The van der Waals surface area contributed by atoms with Crippen molar-refractivity contribution in [3.05, 3.63) is 0 Å². The number of likely N-dealkylation sites (tertiary alicyclic amines) is 1. The Balaban J connectivity index is 0.000000620. The van der Waals surface area contributed by atoms with Crippen LogP contribution in [-0.2, 0) is 14.9 Å². The van der Waals surface area contributed by atoms with Gasteiger partial charge in [-0.3, -0.25) is 9.35 Å². The maximum Gasteiger partial charge on any atom is 0.460 e. The average molecular weight is 399 g/mol. The van der Waals surface area contributed by atoms with Crippen LogP contribution in [0.15, 0.2) is 0 Å². The van der Waals surface area contributed by atoms with Crippen LogP contribution in [0.5, 0.6) is 0 Å². The van der Waals surface area contributed by atoms with Crippen LogP contribution in [0.4, 0.5) is 39.5 Å². The fourth-order valence-electron chi connectivity index (χ4n) is 1.31. The molecule has 144 valence electrons. The van der Waals surface area contributed by atoms with Gasteiger partial charge >= 0.3 is 33.4 Å². The number of carbonyl (C=O) groups excluding carboxylic acids is 1. The van der Waals surface area contributed by atoms with Gasteiger partial charge in [-0.15, -0.1) is 0 Å². The zero-order chi connectivity index (χ0) is 19.8. The Kier molecular flexibility index (Phi) is 6.23. The van der Waals surface area contributed by atoms with Gasteiger partial charge in [-0.25, -0.2) is 0 Å².